The second-order valence-electron chi connectivity index (χ2n) is 5.73. The minimum Gasteiger partial charge on any atom is -0.497 e. The molecule has 1 aromatic carbocycles. The Bertz CT molecular complexity index is 855. The summed E-state index contributed by atoms with van der Waals surface area (Å²) in [5, 5.41) is 3.79. The minimum atomic E-state index is -0.202. The normalized spacial score (nSPS) is 10.7. The maximum atomic E-state index is 12.2. The number of nitrogens with one attached hydrogen (secondary N) is 1. The standard InChI is InChI=1S/C19H21N3O3S/c1-22-12-11-21-19(22)26-13-16-7-8-17(25-16)18(23)20-10-9-14-3-5-15(24-2)6-4-14/h3-8,11-12H,9-10,13H2,1-2H3,(H,20,23). The third-order valence-electron chi connectivity index (χ3n) is 3.86. The van der Waals surface area contributed by atoms with E-state index >= 15 is 0 Å². The first kappa shape index (κ1) is 18.1. The van der Waals surface area contributed by atoms with Crippen LogP contribution in [0.4, 0.5) is 0 Å². The van der Waals surface area contributed by atoms with Gasteiger partial charge in [-0.05, 0) is 36.2 Å². The fourth-order valence-electron chi connectivity index (χ4n) is 2.40. The SMILES string of the molecule is COc1ccc(CCNC(=O)c2ccc(CSc3nccn3C)o2)cc1. The number of imidazole rings is 1. The van der Waals surface area contributed by atoms with E-state index in [0.717, 1.165) is 28.7 Å². The van der Waals surface area contributed by atoms with Crippen LogP contribution >= 0.6 is 11.8 Å². The van der Waals surface area contributed by atoms with Gasteiger partial charge in [-0.1, -0.05) is 23.9 Å². The molecule has 0 saturated carbocycles. The number of methoxy groups -OCH3 is 1. The Labute approximate surface area is 156 Å². The van der Waals surface area contributed by atoms with Gasteiger partial charge in [0.1, 0.15) is 11.5 Å². The summed E-state index contributed by atoms with van der Waals surface area (Å²) in [6, 6.07) is 11.3. The number of furan rings is 1. The van der Waals surface area contributed by atoms with Crippen LogP contribution in [-0.2, 0) is 19.2 Å². The molecule has 0 aliphatic rings. The molecule has 6 nitrogen and oxygen atoms in total. The van der Waals surface area contributed by atoms with Crippen LogP contribution in [0.3, 0.4) is 0 Å². The lowest BCUT2D eigenvalue weighted by molar-refractivity contribution is 0.0925. The number of carbonyl (C=O) groups excluding carboxylic acids is 1. The number of hydrogen-bond donors (Lipinski definition) is 1. The lowest BCUT2D eigenvalue weighted by atomic mass is 10.1. The van der Waals surface area contributed by atoms with Crippen molar-refractivity contribution < 1.29 is 13.9 Å². The fourth-order valence-corrected chi connectivity index (χ4v) is 3.23. The van der Waals surface area contributed by atoms with E-state index < -0.39 is 0 Å². The van der Waals surface area contributed by atoms with Crippen molar-refractivity contribution in [2.45, 2.75) is 17.3 Å². The molecule has 0 aliphatic carbocycles. The van der Waals surface area contributed by atoms with Crippen molar-refractivity contribution in [2.75, 3.05) is 13.7 Å². The molecule has 0 bridgehead atoms. The number of thioether (sulfide) groups is 1. The minimum absolute atomic E-state index is 0.202. The van der Waals surface area contributed by atoms with E-state index in [1.807, 2.05) is 48.1 Å². The van der Waals surface area contributed by atoms with Crippen molar-refractivity contribution in [3.8, 4) is 5.75 Å². The number of hydrogen-bond acceptors (Lipinski definition) is 5. The molecular formula is C19H21N3O3S. The second kappa shape index (κ2) is 8.62. The summed E-state index contributed by atoms with van der Waals surface area (Å²) >= 11 is 1.57. The molecule has 1 amide bonds. The number of amides is 1. The molecule has 7 heteroatoms. The van der Waals surface area contributed by atoms with Gasteiger partial charge in [0.15, 0.2) is 10.9 Å². The molecule has 0 saturated heterocycles. The molecule has 0 atom stereocenters. The molecule has 2 heterocycles. The van der Waals surface area contributed by atoms with Crippen molar-refractivity contribution in [3.63, 3.8) is 0 Å². The molecule has 0 radical (unpaired) electrons. The highest BCUT2D eigenvalue weighted by Gasteiger charge is 2.11. The highest BCUT2D eigenvalue weighted by atomic mass is 32.2. The predicted octanol–water partition coefficient (Wildman–Crippen LogP) is 3.29. The number of aromatic nitrogens is 2. The Morgan fingerprint density at radius 2 is 2.08 bits per heavy atom. The smallest absolute Gasteiger partial charge is 0.287 e. The van der Waals surface area contributed by atoms with E-state index in [9.17, 15) is 4.79 Å². The first-order chi connectivity index (χ1) is 12.7. The molecule has 0 fully saturated rings. The maximum Gasteiger partial charge on any atom is 0.287 e. The Kier molecular flexibility index (Phi) is 6.01. The van der Waals surface area contributed by atoms with E-state index in [1.165, 1.54) is 0 Å². The summed E-state index contributed by atoms with van der Waals surface area (Å²) in [6.07, 6.45) is 4.40. The average Bonchev–Trinajstić information content (AvgIpc) is 3.29. The van der Waals surface area contributed by atoms with E-state index in [1.54, 1.807) is 31.1 Å². The van der Waals surface area contributed by atoms with Crippen LogP contribution in [0.15, 0.2) is 58.4 Å². The average molecular weight is 371 g/mol. The van der Waals surface area contributed by atoms with Crippen LogP contribution in [0.1, 0.15) is 21.9 Å². The lowest BCUT2D eigenvalue weighted by Gasteiger charge is -2.05. The molecule has 26 heavy (non-hydrogen) atoms. The van der Waals surface area contributed by atoms with Crippen LogP contribution in [-0.4, -0.2) is 29.1 Å². The first-order valence-electron chi connectivity index (χ1n) is 8.25. The molecule has 0 spiro atoms. The van der Waals surface area contributed by atoms with Gasteiger partial charge in [0, 0.05) is 26.0 Å². The Balaban J connectivity index is 1.46. The molecule has 3 aromatic rings. The summed E-state index contributed by atoms with van der Waals surface area (Å²) in [7, 11) is 3.58. The third kappa shape index (κ3) is 4.70. The molecule has 0 unspecified atom stereocenters. The number of aryl methyl sites for hydroxylation is 1. The van der Waals surface area contributed by atoms with E-state index in [4.69, 9.17) is 9.15 Å². The third-order valence-corrected chi connectivity index (χ3v) is 4.94. The molecular weight excluding hydrogens is 350 g/mol. The van der Waals surface area contributed by atoms with E-state index in [0.29, 0.717) is 18.1 Å². The van der Waals surface area contributed by atoms with Crippen molar-refractivity contribution in [1.29, 1.82) is 0 Å². The van der Waals surface area contributed by atoms with Crippen LogP contribution < -0.4 is 10.1 Å². The zero-order valence-electron chi connectivity index (χ0n) is 14.8. The summed E-state index contributed by atoms with van der Waals surface area (Å²) in [6.45, 7) is 0.545. The largest absolute Gasteiger partial charge is 0.497 e. The van der Waals surface area contributed by atoms with Crippen LogP contribution in [0, 0.1) is 0 Å². The van der Waals surface area contributed by atoms with Gasteiger partial charge >= 0.3 is 0 Å². The Morgan fingerprint density at radius 1 is 1.27 bits per heavy atom. The highest BCUT2D eigenvalue weighted by Crippen LogP contribution is 2.21. The van der Waals surface area contributed by atoms with Crippen LogP contribution in [0.2, 0.25) is 0 Å². The molecule has 3 rings (SSSR count). The Hall–Kier alpha value is -2.67. The van der Waals surface area contributed by atoms with Gasteiger partial charge in [-0.15, -0.1) is 0 Å². The van der Waals surface area contributed by atoms with Gasteiger partial charge < -0.3 is 19.0 Å². The van der Waals surface area contributed by atoms with Crippen LogP contribution in [0.25, 0.3) is 0 Å². The Morgan fingerprint density at radius 3 is 2.77 bits per heavy atom. The van der Waals surface area contributed by atoms with Gasteiger partial charge in [0.25, 0.3) is 5.91 Å². The topological polar surface area (TPSA) is 69.3 Å². The zero-order valence-corrected chi connectivity index (χ0v) is 15.6. The summed E-state index contributed by atoms with van der Waals surface area (Å²) in [4.78, 5) is 16.4. The van der Waals surface area contributed by atoms with Gasteiger partial charge in [-0.25, -0.2) is 4.98 Å². The van der Waals surface area contributed by atoms with Crippen LogP contribution in [0.5, 0.6) is 5.75 Å². The zero-order chi connectivity index (χ0) is 18.4. The van der Waals surface area contributed by atoms with E-state index in [-0.39, 0.29) is 5.91 Å². The van der Waals surface area contributed by atoms with Gasteiger partial charge in [-0.2, -0.15) is 0 Å². The number of rotatable bonds is 8. The first-order valence-corrected chi connectivity index (χ1v) is 9.24. The highest BCUT2D eigenvalue weighted by molar-refractivity contribution is 7.98. The lowest BCUT2D eigenvalue weighted by Crippen LogP contribution is -2.25. The maximum absolute atomic E-state index is 12.2. The number of carbonyl (C=O) groups is 1. The molecule has 136 valence electrons. The predicted molar refractivity (Wildman–Crippen MR) is 101 cm³/mol. The van der Waals surface area contributed by atoms with Crippen molar-refractivity contribution in [2.24, 2.45) is 7.05 Å². The fraction of sp³-hybridized carbons (Fsp3) is 0.263. The number of ether oxygens (including phenoxy) is 1. The quantitative estimate of drug-likeness (QED) is 0.616. The van der Waals surface area contributed by atoms with Crippen molar-refractivity contribution >= 4 is 17.7 Å². The molecule has 2 aromatic heterocycles. The number of nitrogens with zero attached hydrogens (tertiary/aromatic N) is 2. The summed E-state index contributed by atoms with van der Waals surface area (Å²) in [5.74, 6) is 2.33. The van der Waals surface area contributed by atoms with Crippen molar-refractivity contribution in [1.82, 2.24) is 14.9 Å². The van der Waals surface area contributed by atoms with Gasteiger partial charge in [-0.3, -0.25) is 4.79 Å². The molecule has 1 N–H and O–H groups in total. The molecule has 0 aliphatic heterocycles. The number of benzene rings is 1. The second-order valence-corrected chi connectivity index (χ2v) is 6.67. The monoisotopic (exact) mass is 371 g/mol. The van der Waals surface area contributed by atoms with Gasteiger partial charge in [0.2, 0.25) is 0 Å². The van der Waals surface area contributed by atoms with Gasteiger partial charge in [0.05, 0.1) is 12.9 Å². The van der Waals surface area contributed by atoms with Crippen molar-refractivity contribution in [3.05, 3.63) is 65.9 Å². The van der Waals surface area contributed by atoms with E-state index in [2.05, 4.69) is 10.3 Å². The summed E-state index contributed by atoms with van der Waals surface area (Å²) in [5.41, 5.74) is 1.14. The summed E-state index contributed by atoms with van der Waals surface area (Å²) < 4.78 is 12.7.